The number of aliphatic hydroxyl groups is 1. The predicted octanol–water partition coefficient (Wildman–Crippen LogP) is 1.88. The molecule has 4 N–H and O–H groups in total. The number of fused-ring (bicyclic) bond motifs is 3. The van der Waals surface area contributed by atoms with Gasteiger partial charge in [-0.25, -0.2) is 4.39 Å². The zero-order chi connectivity index (χ0) is 23.8. The zero-order valence-corrected chi connectivity index (χ0v) is 19.6. The maximum atomic E-state index is 13.5. The van der Waals surface area contributed by atoms with E-state index in [1.54, 1.807) is 0 Å². The van der Waals surface area contributed by atoms with Crippen LogP contribution < -0.4 is 20.7 Å². The van der Waals surface area contributed by atoms with Crippen molar-refractivity contribution in [3.8, 4) is 5.75 Å². The minimum Gasteiger partial charge on any atom is -0.484 e. The van der Waals surface area contributed by atoms with E-state index in [1.807, 2.05) is 13.8 Å². The molecule has 2 bridgehead atoms. The van der Waals surface area contributed by atoms with Gasteiger partial charge in [0, 0.05) is 11.6 Å². The number of halogens is 2. The molecule has 8 nitrogen and oxygen atoms in total. The van der Waals surface area contributed by atoms with Crippen LogP contribution in [0.3, 0.4) is 0 Å². The van der Waals surface area contributed by atoms with Crippen molar-refractivity contribution in [1.82, 2.24) is 16.0 Å². The topological polar surface area (TPSA) is 109 Å². The second-order valence-corrected chi connectivity index (χ2v) is 10.2. The fraction of sp³-hybridized carbons (Fsp3) is 0.652. The van der Waals surface area contributed by atoms with Gasteiger partial charge >= 0.3 is 0 Å². The molecule has 4 fully saturated rings. The number of rotatable bonds is 7. The second-order valence-electron chi connectivity index (χ2n) is 9.78. The third-order valence-corrected chi connectivity index (χ3v) is 7.40. The molecule has 10 heteroatoms. The first-order chi connectivity index (χ1) is 15.6. The lowest BCUT2D eigenvalue weighted by molar-refractivity contribution is -0.136. The van der Waals surface area contributed by atoms with Crippen LogP contribution in [0.5, 0.6) is 5.75 Å². The fourth-order valence-corrected chi connectivity index (χ4v) is 5.19. The number of hydrogen-bond donors (Lipinski definition) is 4. The maximum absolute atomic E-state index is 13.5. The number of nitrogens with one attached hydrogen (secondary N) is 3. The molecule has 4 aliphatic rings. The van der Waals surface area contributed by atoms with Gasteiger partial charge in [0.25, 0.3) is 5.91 Å². The van der Waals surface area contributed by atoms with Crippen LogP contribution in [-0.2, 0) is 14.3 Å². The van der Waals surface area contributed by atoms with E-state index in [0.717, 1.165) is 6.07 Å². The highest BCUT2D eigenvalue weighted by atomic mass is 35.5. The molecule has 5 rings (SSSR count). The Bertz CT molecular complexity index is 906. The van der Waals surface area contributed by atoms with Crippen LogP contribution in [-0.4, -0.2) is 59.6 Å². The van der Waals surface area contributed by atoms with Crippen LogP contribution in [0, 0.1) is 11.7 Å². The van der Waals surface area contributed by atoms with Crippen molar-refractivity contribution in [2.24, 2.45) is 5.92 Å². The minimum absolute atomic E-state index is 0.0234. The lowest BCUT2D eigenvalue weighted by atomic mass is 9.60. The summed E-state index contributed by atoms with van der Waals surface area (Å²) in [6.45, 7) is 4.08. The number of aliphatic hydroxyl groups excluding tert-OH is 1. The van der Waals surface area contributed by atoms with E-state index < -0.39 is 34.9 Å². The molecule has 3 aliphatic carbocycles. The Morgan fingerprint density at radius 1 is 1.30 bits per heavy atom. The molecule has 1 heterocycles. The molecular formula is C23H31ClFN3O5. The molecular weight excluding hydrogens is 453 g/mol. The van der Waals surface area contributed by atoms with E-state index in [4.69, 9.17) is 21.1 Å². The number of carbonyl (C=O) groups is 2. The van der Waals surface area contributed by atoms with Crippen molar-refractivity contribution >= 4 is 23.4 Å². The SMILES string of the molecule is CC(C)C1NC(C(=O)NC23CCC(NC(=O)COc4ccc(Cl)c(F)c4)(CC2)C(O)C3)CO1. The van der Waals surface area contributed by atoms with Gasteiger partial charge in [-0.2, -0.15) is 0 Å². The summed E-state index contributed by atoms with van der Waals surface area (Å²) in [5.74, 6) is -0.676. The van der Waals surface area contributed by atoms with Gasteiger partial charge in [0.2, 0.25) is 5.91 Å². The Hall–Kier alpha value is -1.94. The Morgan fingerprint density at radius 3 is 2.64 bits per heavy atom. The summed E-state index contributed by atoms with van der Waals surface area (Å²) in [4.78, 5) is 25.4. The third-order valence-electron chi connectivity index (χ3n) is 7.09. The molecule has 3 unspecified atom stereocenters. The Labute approximate surface area is 197 Å². The normalized spacial score (nSPS) is 33.2. The van der Waals surface area contributed by atoms with Gasteiger partial charge < -0.3 is 25.2 Å². The predicted molar refractivity (Wildman–Crippen MR) is 119 cm³/mol. The van der Waals surface area contributed by atoms with E-state index in [1.165, 1.54) is 12.1 Å². The van der Waals surface area contributed by atoms with Gasteiger partial charge in [-0.1, -0.05) is 25.4 Å². The number of benzene rings is 1. The van der Waals surface area contributed by atoms with Gasteiger partial charge in [0.05, 0.1) is 23.3 Å². The zero-order valence-electron chi connectivity index (χ0n) is 18.8. The molecule has 1 aliphatic heterocycles. The number of hydrogen-bond acceptors (Lipinski definition) is 6. The van der Waals surface area contributed by atoms with E-state index >= 15 is 0 Å². The van der Waals surface area contributed by atoms with Crippen LogP contribution in [0.25, 0.3) is 0 Å². The lowest BCUT2D eigenvalue weighted by Gasteiger charge is -2.56. The molecule has 0 spiro atoms. The monoisotopic (exact) mass is 483 g/mol. The van der Waals surface area contributed by atoms with Crippen molar-refractivity contribution in [1.29, 1.82) is 0 Å². The first kappa shape index (κ1) is 24.2. The molecule has 1 aromatic rings. The molecule has 3 saturated carbocycles. The molecule has 2 amide bonds. The van der Waals surface area contributed by atoms with Crippen molar-refractivity contribution in [2.45, 2.75) is 75.4 Å². The minimum atomic E-state index is -0.798. The highest BCUT2D eigenvalue weighted by molar-refractivity contribution is 6.30. The number of amides is 2. The Balaban J connectivity index is 1.30. The first-order valence-electron chi connectivity index (χ1n) is 11.4. The molecule has 1 aromatic carbocycles. The summed E-state index contributed by atoms with van der Waals surface area (Å²) >= 11 is 5.65. The van der Waals surface area contributed by atoms with Crippen LogP contribution in [0.1, 0.15) is 46.0 Å². The second kappa shape index (κ2) is 9.37. The van der Waals surface area contributed by atoms with Crippen molar-refractivity contribution in [2.75, 3.05) is 13.2 Å². The van der Waals surface area contributed by atoms with Gasteiger partial charge in [-0.3, -0.25) is 14.9 Å². The molecule has 182 valence electrons. The standard InChI is InChI=1S/C23H31ClFN3O5/c1-13(2)21-26-17(11-33-21)20(31)28-22-5-7-23(8-6-22,18(29)10-22)27-19(30)12-32-14-3-4-15(24)16(25)9-14/h3-4,9,13,17-18,21,26,29H,5-8,10-12H2,1-2H3,(H,27,30)(H,28,31). The summed E-state index contributed by atoms with van der Waals surface area (Å²) in [6.07, 6.45) is 1.81. The summed E-state index contributed by atoms with van der Waals surface area (Å²) in [5.41, 5.74) is -1.24. The van der Waals surface area contributed by atoms with Crippen molar-refractivity contribution in [3.05, 3.63) is 29.0 Å². The molecule has 1 saturated heterocycles. The molecule has 0 aromatic heterocycles. The Morgan fingerprint density at radius 2 is 2.03 bits per heavy atom. The van der Waals surface area contributed by atoms with E-state index in [2.05, 4.69) is 16.0 Å². The number of carbonyl (C=O) groups excluding carboxylic acids is 2. The third kappa shape index (κ3) is 5.11. The molecule has 33 heavy (non-hydrogen) atoms. The van der Waals surface area contributed by atoms with Crippen molar-refractivity contribution < 1.29 is 28.6 Å². The summed E-state index contributed by atoms with van der Waals surface area (Å²) in [7, 11) is 0. The van der Waals surface area contributed by atoms with Gasteiger partial charge in [0.15, 0.2) is 6.61 Å². The summed E-state index contributed by atoms with van der Waals surface area (Å²) in [6, 6.07) is 3.55. The van der Waals surface area contributed by atoms with E-state index in [0.29, 0.717) is 38.7 Å². The molecule has 3 atom stereocenters. The smallest absolute Gasteiger partial charge is 0.258 e. The van der Waals surface area contributed by atoms with Crippen LogP contribution in [0.4, 0.5) is 4.39 Å². The van der Waals surface area contributed by atoms with Crippen LogP contribution in [0.2, 0.25) is 5.02 Å². The highest BCUT2D eigenvalue weighted by Gasteiger charge is 2.55. The molecule has 0 radical (unpaired) electrons. The number of ether oxygens (including phenoxy) is 2. The average Bonchev–Trinajstić information content (AvgIpc) is 3.27. The Kier molecular flexibility index (Phi) is 6.87. The fourth-order valence-electron chi connectivity index (χ4n) is 5.07. The quantitative estimate of drug-likeness (QED) is 0.471. The summed E-state index contributed by atoms with van der Waals surface area (Å²) < 4.78 is 24.6. The van der Waals surface area contributed by atoms with Crippen molar-refractivity contribution in [3.63, 3.8) is 0 Å². The highest BCUT2D eigenvalue weighted by Crippen LogP contribution is 2.47. The largest absolute Gasteiger partial charge is 0.484 e. The van der Waals surface area contributed by atoms with Crippen LogP contribution in [0.15, 0.2) is 18.2 Å². The maximum Gasteiger partial charge on any atom is 0.258 e. The van der Waals surface area contributed by atoms with E-state index in [9.17, 15) is 19.1 Å². The van der Waals surface area contributed by atoms with Crippen LogP contribution >= 0.6 is 11.6 Å². The van der Waals surface area contributed by atoms with E-state index in [-0.39, 0.29) is 35.4 Å². The van der Waals surface area contributed by atoms with Gasteiger partial charge in [-0.05, 0) is 50.2 Å². The van der Waals surface area contributed by atoms with Gasteiger partial charge in [-0.15, -0.1) is 0 Å². The summed E-state index contributed by atoms with van der Waals surface area (Å²) in [5, 5.41) is 20.2. The lowest BCUT2D eigenvalue weighted by Crippen LogP contribution is -2.71. The van der Waals surface area contributed by atoms with Gasteiger partial charge in [0.1, 0.15) is 23.8 Å². The average molecular weight is 484 g/mol. The first-order valence-corrected chi connectivity index (χ1v) is 11.8.